The Bertz CT molecular complexity index is 342. The molecule has 28 heavy (non-hydrogen) atoms. The summed E-state index contributed by atoms with van der Waals surface area (Å²) in [6, 6.07) is 0. The second kappa shape index (κ2) is 30.4. The Balaban J connectivity index is -0.0000000925. The average Bonchev–Trinajstić information content (AvgIpc) is 2.58. The van der Waals surface area contributed by atoms with Crippen molar-refractivity contribution in [1.82, 2.24) is 0 Å². The molecular weight excluding hydrogens is 395 g/mol. The molecule has 162 valence electrons. The van der Waals surface area contributed by atoms with Crippen LogP contribution in [0.1, 0.15) is 121 Å². The summed E-state index contributed by atoms with van der Waals surface area (Å²) < 4.78 is 0. The Kier molecular flexibility index (Phi) is 39.6. The predicted molar refractivity (Wildman–Crippen MR) is 116 cm³/mol. The standard InChI is InChI=1S/C18H36O2.C3H6O3.Ca.Na.3H/c1-2-3-4-5-6-7-8-9-10-11-12-13-14-15-16-17-18(19)20;1-2(4)3(5)6;;;;;/h2-17H2,1H3,(H,19,20);2,4H,1H3,(H,5,6);;;;;/q;;+2;+1;3*-1. The first-order chi connectivity index (χ1) is 12.4. The van der Waals surface area contributed by atoms with E-state index in [0.717, 1.165) is 12.8 Å². The van der Waals surface area contributed by atoms with E-state index in [1.807, 2.05) is 0 Å². The van der Waals surface area contributed by atoms with Gasteiger partial charge in [-0.05, 0) is 13.3 Å². The number of aliphatic hydroxyl groups excluding tert-OH is 1. The van der Waals surface area contributed by atoms with Gasteiger partial charge in [-0.25, -0.2) is 4.79 Å². The van der Waals surface area contributed by atoms with Crippen LogP contribution in [0, 0.1) is 0 Å². The van der Waals surface area contributed by atoms with E-state index < -0.39 is 18.0 Å². The number of carboxylic acid groups (broad SMARTS) is 2. The molecule has 0 aromatic heterocycles. The third-order valence-corrected chi connectivity index (χ3v) is 4.35. The summed E-state index contributed by atoms with van der Waals surface area (Å²) in [7, 11) is 0. The van der Waals surface area contributed by atoms with Gasteiger partial charge >= 0.3 is 79.2 Å². The summed E-state index contributed by atoms with van der Waals surface area (Å²) in [6.45, 7) is 3.47. The first kappa shape index (κ1) is 36.5. The van der Waals surface area contributed by atoms with E-state index in [9.17, 15) is 9.59 Å². The van der Waals surface area contributed by atoms with Gasteiger partial charge in [-0.3, -0.25) is 4.79 Å². The Morgan fingerprint density at radius 2 is 0.964 bits per heavy atom. The molecule has 0 rings (SSSR count). The Morgan fingerprint density at radius 3 is 1.18 bits per heavy atom. The normalized spacial score (nSPS) is 10.7. The summed E-state index contributed by atoms with van der Waals surface area (Å²) in [5.41, 5.74) is 0. The van der Waals surface area contributed by atoms with Gasteiger partial charge in [0.05, 0.1) is 0 Å². The van der Waals surface area contributed by atoms with Crippen molar-refractivity contribution in [2.24, 2.45) is 0 Å². The summed E-state index contributed by atoms with van der Waals surface area (Å²) in [5.74, 6) is -1.84. The maximum atomic E-state index is 10.3. The first-order valence-corrected chi connectivity index (χ1v) is 10.5. The van der Waals surface area contributed by atoms with Gasteiger partial charge in [-0.2, -0.15) is 0 Å². The van der Waals surface area contributed by atoms with E-state index in [1.54, 1.807) is 0 Å². The van der Waals surface area contributed by atoms with Crippen LogP contribution in [0.15, 0.2) is 0 Å². The molecule has 0 heterocycles. The van der Waals surface area contributed by atoms with Crippen molar-refractivity contribution in [2.75, 3.05) is 0 Å². The van der Waals surface area contributed by atoms with Crippen LogP contribution in [0.5, 0.6) is 0 Å². The van der Waals surface area contributed by atoms with Crippen LogP contribution >= 0.6 is 0 Å². The average molecular weight is 441 g/mol. The van der Waals surface area contributed by atoms with Crippen molar-refractivity contribution in [3.63, 3.8) is 0 Å². The van der Waals surface area contributed by atoms with E-state index in [-0.39, 0.29) is 71.6 Å². The second-order valence-corrected chi connectivity index (χ2v) is 7.11. The third kappa shape index (κ3) is 37.8. The molecule has 0 aliphatic carbocycles. The molecule has 1 atom stereocenters. The smallest absolute Gasteiger partial charge is 1.00 e. The SMILES string of the molecule is CC(O)C(=O)O.CCCCCCCCCCCCCCCCCC(=O)O.[Ca+2].[H-].[H-].[H-].[Na+]. The van der Waals surface area contributed by atoms with Crippen molar-refractivity contribution in [3.05, 3.63) is 0 Å². The largest absolute Gasteiger partial charge is 2.00 e. The summed E-state index contributed by atoms with van der Waals surface area (Å²) in [5, 5.41) is 24.3. The number of unbranched alkanes of at least 4 members (excludes halogenated alkanes) is 14. The monoisotopic (exact) mass is 440 g/mol. The topological polar surface area (TPSA) is 94.8 Å². The van der Waals surface area contributed by atoms with Crippen LogP contribution in [-0.2, 0) is 9.59 Å². The Morgan fingerprint density at radius 1 is 0.714 bits per heavy atom. The Hall–Kier alpha value is 1.16. The molecule has 0 aliphatic rings. The summed E-state index contributed by atoms with van der Waals surface area (Å²) in [4.78, 5) is 19.8. The molecule has 0 bridgehead atoms. The third-order valence-electron chi connectivity index (χ3n) is 4.35. The molecule has 0 aliphatic heterocycles. The van der Waals surface area contributed by atoms with Crippen molar-refractivity contribution in [3.8, 4) is 0 Å². The van der Waals surface area contributed by atoms with Gasteiger partial charge in [0.15, 0.2) is 0 Å². The number of hydrogen-bond donors (Lipinski definition) is 3. The maximum absolute atomic E-state index is 10.3. The van der Waals surface area contributed by atoms with Crippen molar-refractivity contribution in [2.45, 2.75) is 123 Å². The van der Waals surface area contributed by atoms with Crippen LogP contribution in [0.4, 0.5) is 0 Å². The zero-order valence-corrected chi connectivity index (χ0v) is 23.0. The van der Waals surface area contributed by atoms with Crippen molar-refractivity contribution in [1.29, 1.82) is 0 Å². The zero-order valence-electron chi connectivity index (χ0n) is 21.8. The van der Waals surface area contributed by atoms with Crippen LogP contribution in [-0.4, -0.2) is 71.1 Å². The van der Waals surface area contributed by atoms with Gasteiger partial charge in [0.2, 0.25) is 0 Å². The van der Waals surface area contributed by atoms with Gasteiger partial charge in [-0.1, -0.05) is 96.8 Å². The molecular formula is C21H45CaNaO5. The van der Waals surface area contributed by atoms with Crippen LogP contribution in [0.25, 0.3) is 0 Å². The Labute approximate surface area is 229 Å². The van der Waals surface area contributed by atoms with Crippen LogP contribution in [0.3, 0.4) is 0 Å². The molecule has 7 heteroatoms. The number of carbonyl (C=O) groups is 2. The number of carboxylic acids is 2. The van der Waals surface area contributed by atoms with Crippen molar-refractivity contribution < 1.29 is 58.7 Å². The van der Waals surface area contributed by atoms with Gasteiger partial charge < -0.3 is 19.6 Å². The van der Waals surface area contributed by atoms with E-state index in [4.69, 9.17) is 15.3 Å². The molecule has 0 spiro atoms. The molecule has 1 unspecified atom stereocenters. The fourth-order valence-electron chi connectivity index (χ4n) is 2.65. The fourth-order valence-corrected chi connectivity index (χ4v) is 2.65. The zero-order chi connectivity index (χ0) is 20.0. The summed E-state index contributed by atoms with van der Waals surface area (Å²) in [6.07, 6.45) is 19.0. The minimum absolute atomic E-state index is 0. The van der Waals surface area contributed by atoms with Crippen molar-refractivity contribution >= 4 is 49.7 Å². The predicted octanol–water partition coefficient (Wildman–Crippen LogP) is 2.75. The van der Waals surface area contributed by atoms with Gasteiger partial charge in [0.25, 0.3) is 0 Å². The quantitative estimate of drug-likeness (QED) is 0.239. The van der Waals surface area contributed by atoms with Gasteiger partial charge in [0.1, 0.15) is 6.10 Å². The summed E-state index contributed by atoms with van der Waals surface area (Å²) >= 11 is 0. The van der Waals surface area contributed by atoms with E-state index in [2.05, 4.69) is 6.92 Å². The fraction of sp³-hybridized carbons (Fsp3) is 0.905. The molecule has 0 fully saturated rings. The van der Waals surface area contributed by atoms with E-state index >= 15 is 0 Å². The molecule has 3 N–H and O–H groups in total. The second-order valence-electron chi connectivity index (χ2n) is 7.11. The minimum Gasteiger partial charge on any atom is -1.00 e. The minimum atomic E-state index is -1.23. The molecule has 0 aromatic carbocycles. The molecule has 0 saturated heterocycles. The number of aliphatic hydroxyl groups is 1. The van der Waals surface area contributed by atoms with Gasteiger partial charge in [0, 0.05) is 6.42 Å². The molecule has 0 aromatic rings. The van der Waals surface area contributed by atoms with E-state index in [1.165, 1.54) is 90.4 Å². The number of hydrogen-bond acceptors (Lipinski definition) is 3. The maximum Gasteiger partial charge on any atom is 2.00 e. The molecule has 5 nitrogen and oxygen atoms in total. The molecule has 0 radical (unpaired) electrons. The number of rotatable bonds is 17. The molecule has 0 amide bonds. The first-order valence-electron chi connectivity index (χ1n) is 10.5. The van der Waals surface area contributed by atoms with Crippen LogP contribution < -0.4 is 29.6 Å². The van der Waals surface area contributed by atoms with E-state index in [0.29, 0.717) is 6.42 Å². The van der Waals surface area contributed by atoms with Gasteiger partial charge in [-0.15, -0.1) is 0 Å². The molecule has 0 saturated carbocycles. The van der Waals surface area contributed by atoms with Crippen LogP contribution in [0.2, 0.25) is 0 Å². The number of aliphatic carboxylic acids is 2.